The number of fused-ring (bicyclic) bond motifs is 1. The van der Waals surface area contributed by atoms with Crippen LogP contribution >= 0.6 is 0 Å². The average Bonchev–Trinajstić information content (AvgIpc) is 3.63. The number of hydrogen-bond donors (Lipinski definition) is 1. The second kappa shape index (κ2) is 12.5. The number of carbonyl (C=O) groups excluding carboxylic acids is 1. The third-order valence-corrected chi connectivity index (χ3v) is 9.01. The molecule has 1 N–H and O–H groups in total. The predicted molar refractivity (Wildman–Crippen MR) is 162 cm³/mol. The highest BCUT2D eigenvalue weighted by molar-refractivity contribution is 5.89. The molecule has 1 amide bonds. The molecule has 4 aromatic rings. The second-order valence-electron chi connectivity index (χ2n) is 12.1. The number of benzene rings is 3. The minimum Gasteiger partial charge on any atom is -0.481 e. The lowest BCUT2D eigenvalue weighted by Gasteiger charge is -2.26. The van der Waals surface area contributed by atoms with E-state index in [9.17, 15) is 54.2 Å². The van der Waals surface area contributed by atoms with Crippen molar-refractivity contribution in [2.75, 3.05) is 7.11 Å². The van der Waals surface area contributed by atoms with Gasteiger partial charge in [0.25, 0.3) is 0 Å². The Kier molecular flexibility index (Phi) is 8.71. The lowest BCUT2D eigenvalue weighted by molar-refractivity contribution is -0.143. The summed E-state index contributed by atoms with van der Waals surface area (Å²) in [5.41, 5.74) is -2.99. The van der Waals surface area contributed by atoms with E-state index in [0.29, 0.717) is 28.8 Å². The van der Waals surface area contributed by atoms with Crippen molar-refractivity contribution in [2.45, 2.75) is 56.5 Å². The molecule has 3 aromatic carbocycles. The molecular formula is C35H25F9N2O5. The van der Waals surface area contributed by atoms with Gasteiger partial charge in [-0.25, -0.2) is 14.6 Å². The SMILES string of the molecule is COc1ncc(-c2ccc(C(=O)O)cc2C)cc1-c1ccc(C(F)(F)F)cc1[C@@H]1CC[C@H]2[C@@H](c3cc(C(F)(F)F)cc(C(F)(F)F)c3)OC(=O)N12. The van der Waals surface area contributed by atoms with Crippen molar-refractivity contribution >= 4 is 12.1 Å². The van der Waals surface area contributed by atoms with E-state index in [1.54, 1.807) is 19.1 Å². The number of nitrogens with zero attached hydrogens (tertiary/aromatic N) is 2. The van der Waals surface area contributed by atoms with Gasteiger partial charge in [0.15, 0.2) is 0 Å². The number of carboxylic acids is 1. The summed E-state index contributed by atoms with van der Waals surface area (Å²) in [6, 6.07) is 7.33. The van der Waals surface area contributed by atoms with Crippen molar-refractivity contribution < 1.29 is 63.7 Å². The molecule has 1 aromatic heterocycles. The monoisotopic (exact) mass is 724 g/mol. The molecule has 6 rings (SSSR count). The number of aromatic carboxylic acids is 1. The summed E-state index contributed by atoms with van der Waals surface area (Å²) in [6.45, 7) is 1.66. The Bertz CT molecular complexity index is 2010. The summed E-state index contributed by atoms with van der Waals surface area (Å²) in [6.07, 6.45) is -16.5. The van der Waals surface area contributed by atoms with E-state index in [1.807, 2.05) is 0 Å². The van der Waals surface area contributed by atoms with Gasteiger partial charge in [0.1, 0.15) is 6.10 Å². The Balaban J connectivity index is 1.46. The van der Waals surface area contributed by atoms with Gasteiger partial charge < -0.3 is 14.6 Å². The van der Waals surface area contributed by atoms with E-state index >= 15 is 0 Å². The molecule has 7 nitrogen and oxygen atoms in total. The van der Waals surface area contributed by atoms with Crippen molar-refractivity contribution in [3.05, 3.63) is 106 Å². The summed E-state index contributed by atoms with van der Waals surface area (Å²) >= 11 is 0. The highest BCUT2D eigenvalue weighted by Crippen LogP contribution is 2.51. The van der Waals surface area contributed by atoms with Crippen LogP contribution in [0.1, 0.15) is 68.7 Å². The Labute approximate surface area is 283 Å². The number of carbonyl (C=O) groups is 2. The number of rotatable bonds is 6. The quantitative estimate of drug-likeness (QED) is 0.199. The number of amides is 1. The number of cyclic esters (lactones) is 1. The summed E-state index contributed by atoms with van der Waals surface area (Å²) < 4.78 is 135. The molecule has 0 bridgehead atoms. The molecule has 2 aliphatic rings. The first kappa shape index (κ1) is 35.5. The molecule has 0 spiro atoms. The first-order valence-corrected chi connectivity index (χ1v) is 15.2. The third kappa shape index (κ3) is 6.66. The topological polar surface area (TPSA) is 89.0 Å². The highest BCUT2D eigenvalue weighted by Gasteiger charge is 2.52. The van der Waals surface area contributed by atoms with Crippen LogP contribution in [0.5, 0.6) is 5.88 Å². The number of halogens is 9. The Morgan fingerprint density at radius 1 is 0.824 bits per heavy atom. The van der Waals surface area contributed by atoms with E-state index in [1.165, 1.54) is 25.4 Å². The summed E-state index contributed by atoms with van der Waals surface area (Å²) in [5.74, 6) is -1.17. The molecule has 51 heavy (non-hydrogen) atoms. The van der Waals surface area contributed by atoms with E-state index in [0.717, 1.165) is 23.1 Å². The molecule has 2 aliphatic heterocycles. The van der Waals surface area contributed by atoms with Crippen LogP contribution in [0.15, 0.2) is 66.9 Å². The summed E-state index contributed by atoms with van der Waals surface area (Å²) in [7, 11) is 1.28. The normalized spacial score (nSPS) is 19.2. The zero-order valence-electron chi connectivity index (χ0n) is 26.4. The van der Waals surface area contributed by atoms with Crippen LogP contribution in [0.4, 0.5) is 44.3 Å². The van der Waals surface area contributed by atoms with Gasteiger partial charge in [-0.1, -0.05) is 12.1 Å². The number of alkyl halides is 9. The number of ether oxygens (including phenoxy) is 2. The molecule has 0 radical (unpaired) electrons. The molecule has 2 saturated heterocycles. The molecular weight excluding hydrogens is 699 g/mol. The molecule has 268 valence electrons. The molecule has 0 saturated carbocycles. The fourth-order valence-electron chi connectivity index (χ4n) is 6.72. The van der Waals surface area contributed by atoms with Crippen LogP contribution in [-0.4, -0.2) is 40.2 Å². The first-order chi connectivity index (χ1) is 23.8. The van der Waals surface area contributed by atoms with Crippen molar-refractivity contribution in [1.29, 1.82) is 0 Å². The molecule has 0 aliphatic carbocycles. The fourth-order valence-corrected chi connectivity index (χ4v) is 6.72. The van der Waals surface area contributed by atoms with Crippen LogP contribution < -0.4 is 4.74 Å². The second-order valence-corrected chi connectivity index (χ2v) is 12.1. The van der Waals surface area contributed by atoms with Crippen molar-refractivity contribution in [2.24, 2.45) is 0 Å². The fraction of sp³-hybridized carbons (Fsp3) is 0.286. The number of hydrogen-bond acceptors (Lipinski definition) is 5. The first-order valence-electron chi connectivity index (χ1n) is 15.2. The maximum Gasteiger partial charge on any atom is 0.416 e. The lowest BCUT2D eigenvalue weighted by atomic mass is 9.90. The Morgan fingerprint density at radius 2 is 1.45 bits per heavy atom. The maximum absolute atomic E-state index is 14.1. The van der Waals surface area contributed by atoms with Gasteiger partial charge in [0.05, 0.1) is 41.4 Å². The minimum atomic E-state index is -5.16. The van der Waals surface area contributed by atoms with Crippen LogP contribution in [0.2, 0.25) is 0 Å². The smallest absolute Gasteiger partial charge is 0.416 e. The zero-order valence-corrected chi connectivity index (χ0v) is 26.4. The van der Waals surface area contributed by atoms with Gasteiger partial charge in [-0.05, 0) is 96.1 Å². The van der Waals surface area contributed by atoms with Crippen molar-refractivity contribution in [3.8, 4) is 28.1 Å². The molecule has 16 heteroatoms. The number of carboxylic acid groups (broad SMARTS) is 1. The van der Waals surface area contributed by atoms with Crippen molar-refractivity contribution in [3.63, 3.8) is 0 Å². The lowest BCUT2D eigenvalue weighted by Crippen LogP contribution is -2.31. The largest absolute Gasteiger partial charge is 0.481 e. The average molecular weight is 725 g/mol. The van der Waals surface area contributed by atoms with Gasteiger partial charge in [-0.3, -0.25) is 4.90 Å². The number of pyridine rings is 1. The standard InChI is InChI=1S/C35H25F9N2O5/c1-16-9-17(31(47)48)3-5-23(16)19-12-26(30(50-2)45-15-19)24-6-4-20(33(36,37)38)14-25(24)27-7-8-28-29(51-32(49)46(27)28)18-10-21(34(39,40)41)13-22(11-18)35(42,43)44/h3-6,9-15,27-29H,7-8H2,1-2H3,(H,47,48)/t27-,28-,29+/m0/s1. The van der Waals surface area contributed by atoms with Crippen LogP contribution in [0.25, 0.3) is 22.3 Å². The minimum absolute atomic E-state index is 0.0130. The molecule has 3 heterocycles. The van der Waals surface area contributed by atoms with Crippen LogP contribution in [-0.2, 0) is 23.3 Å². The van der Waals surface area contributed by atoms with E-state index in [-0.39, 0.29) is 47.0 Å². The van der Waals surface area contributed by atoms with Crippen LogP contribution in [0.3, 0.4) is 0 Å². The third-order valence-electron chi connectivity index (χ3n) is 9.01. The Hall–Kier alpha value is -5.28. The van der Waals surface area contributed by atoms with Gasteiger partial charge in [-0.2, -0.15) is 39.5 Å². The number of aryl methyl sites for hydroxylation is 1. The molecule has 0 unspecified atom stereocenters. The molecule has 2 fully saturated rings. The number of methoxy groups -OCH3 is 1. The summed E-state index contributed by atoms with van der Waals surface area (Å²) in [4.78, 5) is 30.2. The van der Waals surface area contributed by atoms with Crippen molar-refractivity contribution in [1.82, 2.24) is 9.88 Å². The van der Waals surface area contributed by atoms with E-state index in [2.05, 4.69) is 4.98 Å². The Morgan fingerprint density at radius 3 is 2.02 bits per heavy atom. The van der Waals surface area contributed by atoms with Crippen LogP contribution in [0, 0.1) is 6.92 Å². The van der Waals surface area contributed by atoms with Gasteiger partial charge in [0.2, 0.25) is 5.88 Å². The maximum atomic E-state index is 14.1. The number of aromatic nitrogens is 1. The van der Waals surface area contributed by atoms with Gasteiger partial charge in [0, 0.05) is 17.3 Å². The van der Waals surface area contributed by atoms with Gasteiger partial charge >= 0.3 is 30.6 Å². The zero-order chi connectivity index (χ0) is 37.2. The summed E-state index contributed by atoms with van der Waals surface area (Å²) in [5, 5.41) is 9.36. The molecule has 3 atom stereocenters. The predicted octanol–water partition coefficient (Wildman–Crippen LogP) is 9.88. The highest BCUT2D eigenvalue weighted by atomic mass is 19.4. The van der Waals surface area contributed by atoms with E-state index in [4.69, 9.17) is 9.47 Å². The van der Waals surface area contributed by atoms with Gasteiger partial charge in [-0.15, -0.1) is 0 Å². The van der Waals surface area contributed by atoms with E-state index < -0.39 is 71.0 Å².